The van der Waals surface area contributed by atoms with Crippen LogP contribution in [0.2, 0.25) is 0 Å². The summed E-state index contributed by atoms with van der Waals surface area (Å²) >= 11 is 3.46. The lowest BCUT2D eigenvalue weighted by Gasteiger charge is -2.16. The van der Waals surface area contributed by atoms with Crippen molar-refractivity contribution in [2.24, 2.45) is 5.73 Å². The quantitative estimate of drug-likeness (QED) is 0.695. The van der Waals surface area contributed by atoms with Crippen molar-refractivity contribution in [1.29, 1.82) is 0 Å². The number of nitrogens with two attached hydrogens (primary N) is 1. The molecular weight excluding hydrogens is 336 g/mol. The van der Waals surface area contributed by atoms with Gasteiger partial charge in [0.1, 0.15) is 5.75 Å². The van der Waals surface area contributed by atoms with E-state index in [1.54, 1.807) is 14.0 Å². The zero-order valence-electron chi connectivity index (χ0n) is 12.7. The highest BCUT2D eigenvalue weighted by Crippen LogP contribution is 2.27. The molecule has 1 amide bonds. The Balaban J connectivity index is 2.59. The second-order valence-corrected chi connectivity index (χ2v) is 5.84. The summed E-state index contributed by atoms with van der Waals surface area (Å²) in [5.74, 6) is 0.469. The van der Waals surface area contributed by atoms with Gasteiger partial charge in [0.15, 0.2) is 6.10 Å². The molecule has 0 heterocycles. The Bertz CT molecular complexity index is 466. The maximum absolute atomic E-state index is 11.8. The van der Waals surface area contributed by atoms with E-state index in [0.717, 1.165) is 16.5 Å². The molecule has 0 fully saturated rings. The number of carbonyl (C=O) groups is 1. The summed E-state index contributed by atoms with van der Waals surface area (Å²) < 4.78 is 11.4. The monoisotopic (exact) mass is 358 g/mol. The summed E-state index contributed by atoms with van der Waals surface area (Å²) in [4.78, 5) is 11.8. The summed E-state index contributed by atoms with van der Waals surface area (Å²) in [7, 11) is 1.59. The van der Waals surface area contributed by atoms with Gasteiger partial charge >= 0.3 is 0 Å². The highest BCUT2D eigenvalue weighted by Gasteiger charge is 2.15. The third-order valence-electron chi connectivity index (χ3n) is 2.83. The van der Waals surface area contributed by atoms with Gasteiger partial charge in [0.2, 0.25) is 0 Å². The molecule has 0 aliphatic rings. The van der Waals surface area contributed by atoms with Crippen molar-refractivity contribution in [1.82, 2.24) is 5.32 Å². The Morgan fingerprint density at radius 2 is 2.14 bits per heavy atom. The number of nitrogens with one attached hydrogen (secondary N) is 1. The fourth-order valence-corrected chi connectivity index (χ4v) is 2.32. The van der Waals surface area contributed by atoms with Gasteiger partial charge in [-0.15, -0.1) is 0 Å². The van der Waals surface area contributed by atoms with Crippen LogP contribution in [0.1, 0.15) is 19.4 Å². The van der Waals surface area contributed by atoms with Crippen LogP contribution in [0.25, 0.3) is 0 Å². The largest absolute Gasteiger partial charge is 0.480 e. The molecule has 0 radical (unpaired) electrons. The van der Waals surface area contributed by atoms with Crippen molar-refractivity contribution in [2.45, 2.75) is 32.4 Å². The lowest BCUT2D eigenvalue weighted by Crippen LogP contribution is -2.38. The highest BCUT2D eigenvalue weighted by molar-refractivity contribution is 9.10. The average Bonchev–Trinajstić information content (AvgIpc) is 2.41. The molecule has 1 aromatic rings. The normalized spacial score (nSPS) is 13.6. The fraction of sp³-hybridized carbons (Fsp3) is 0.533. The minimum absolute atomic E-state index is 0.106. The van der Waals surface area contributed by atoms with E-state index >= 15 is 0 Å². The minimum atomic E-state index is -0.572. The van der Waals surface area contributed by atoms with Gasteiger partial charge in [-0.25, -0.2) is 0 Å². The van der Waals surface area contributed by atoms with Crippen LogP contribution >= 0.6 is 15.9 Å². The van der Waals surface area contributed by atoms with Gasteiger partial charge in [-0.3, -0.25) is 4.79 Å². The van der Waals surface area contributed by atoms with Crippen molar-refractivity contribution in [2.75, 3.05) is 20.3 Å². The topological polar surface area (TPSA) is 73.6 Å². The van der Waals surface area contributed by atoms with Crippen molar-refractivity contribution in [3.63, 3.8) is 0 Å². The van der Waals surface area contributed by atoms with E-state index in [0.29, 0.717) is 18.9 Å². The summed E-state index contributed by atoms with van der Waals surface area (Å²) in [6, 6.07) is 5.88. The molecule has 6 heteroatoms. The predicted octanol–water partition coefficient (Wildman–Crippen LogP) is 1.87. The molecule has 0 aromatic heterocycles. The number of benzene rings is 1. The first kappa shape index (κ1) is 17.9. The maximum atomic E-state index is 11.8. The summed E-state index contributed by atoms with van der Waals surface area (Å²) in [6.07, 6.45) is 0.226. The van der Waals surface area contributed by atoms with Gasteiger partial charge in [-0.2, -0.15) is 0 Å². The van der Waals surface area contributed by atoms with Crippen molar-refractivity contribution < 1.29 is 14.3 Å². The second-order valence-electron chi connectivity index (χ2n) is 4.99. The highest BCUT2D eigenvalue weighted by atomic mass is 79.9. The van der Waals surface area contributed by atoms with Crippen LogP contribution in [0.5, 0.6) is 5.75 Å². The van der Waals surface area contributed by atoms with Gasteiger partial charge in [0.25, 0.3) is 5.91 Å². The maximum Gasteiger partial charge on any atom is 0.260 e. The van der Waals surface area contributed by atoms with E-state index in [1.807, 2.05) is 25.1 Å². The molecule has 0 bridgehead atoms. The number of hydrogen-bond acceptors (Lipinski definition) is 4. The Morgan fingerprint density at radius 3 is 2.71 bits per heavy atom. The van der Waals surface area contributed by atoms with Crippen LogP contribution in [0.4, 0.5) is 0 Å². The van der Waals surface area contributed by atoms with Crippen LogP contribution in [-0.4, -0.2) is 38.3 Å². The first-order valence-electron chi connectivity index (χ1n) is 6.91. The molecule has 21 heavy (non-hydrogen) atoms. The molecule has 0 saturated carbocycles. The van der Waals surface area contributed by atoms with E-state index in [1.165, 1.54) is 0 Å². The zero-order chi connectivity index (χ0) is 15.8. The van der Waals surface area contributed by atoms with Gasteiger partial charge in [0.05, 0.1) is 11.1 Å². The van der Waals surface area contributed by atoms with E-state index in [-0.39, 0.29) is 11.9 Å². The average molecular weight is 359 g/mol. The predicted molar refractivity (Wildman–Crippen MR) is 86.5 cm³/mol. The van der Waals surface area contributed by atoms with Gasteiger partial charge in [-0.05, 0) is 53.9 Å². The third-order valence-corrected chi connectivity index (χ3v) is 3.45. The number of ether oxygens (including phenoxy) is 2. The summed E-state index contributed by atoms with van der Waals surface area (Å²) in [6.45, 7) is 4.63. The van der Waals surface area contributed by atoms with E-state index in [2.05, 4.69) is 21.2 Å². The summed E-state index contributed by atoms with van der Waals surface area (Å²) in [5, 5.41) is 2.74. The Kier molecular flexibility index (Phi) is 7.71. The molecule has 0 spiro atoms. The number of rotatable bonds is 8. The number of hydrogen-bond donors (Lipinski definition) is 2. The molecule has 0 aliphatic heterocycles. The van der Waals surface area contributed by atoms with Crippen molar-refractivity contribution in [3.05, 3.63) is 28.2 Å². The van der Waals surface area contributed by atoms with Gasteiger partial charge < -0.3 is 20.5 Å². The first-order valence-corrected chi connectivity index (χ1v) is 7.70. The van der Waals surface area contributed by atoms with Gasteiger partial charge in [0, 0.05) is 19.7 Å². The van der Waals surface area contributed by atoms with Crippen LogP contribution in [0.3, 0.4) is 0 Å². The first-order chi connectivity index (χ1) is 9.93. The van der Waals surface area contributed by atoms with Crippen LogP contribution < -0.4 is 15.8 Å². The molecule has 2 unspecified atom stereocenters. The molecule has 5 nitrogen and oxygen atoms in total. The third kappa shape index (κ3) is 6.46. The molecule has 2 atom stereocenters. The molecule has 3 N–H and O–H groups in total. The van der Waals surface area contributed by atoms with Crippen LogP contribution in [0, 0.1) is 0 Å². The Labute approximate surface area is 134 Å². The van der Waals surface area contributed by atoms with E-state index < -0.39 is 6.10 Å². The molecular formula is C15H23BrN2O3. The molecule has 0 saturated heterocycles. The number of amides is 1. The number of methoxy groups -OCH3 is 1. The van der Waals surface area contributed by atoms with E-state index in [9.17, 15) is 4.79 Å². The number of halogens is 1. The molecule has 1 aromatic carbocycles. The Hall–Kier alpha value is -1.11. The molecule has 118 valence electrons. The van der Waals surface area contributed by atoms with Crippen LogP contribution in [0.15, 0.2) is 22.7 Å². The van der Waals surface area contributed by atoms with E-state index in [4.69, 9.17) is 15.2 Å². The molecule has 0 aliphatic carbocycles. The fourth-order valence-electron chi connectivity index (χ4n) is 1.80. The standard InChI is InChI=1S/C15H23BrN2O3/c1-10(17)8-12-4-5-14(13(16)9-12)21-11(2)15(19)18-6-7-20-3/h4-5,9-11H,6-8,17H2,1-3H3,(H,18,19). The molecule has 1 rings (SSSR count). The van der Waals surface area contributed by atoms with Crippen molar-refractivity contribution in [3.8, 4) is 5.75 Å². The SMILES string of the molecule is COCCNC(=O)C(C)Oc1ccc(CC(C)N)cc1Br. The van der Waals surface area contributed by atoms with Crippen LogP contribution in [-0.2, 0) is 16.0 Å². The number of carbonyl (C=O) groups excluding carboxylic acids is 1. The van der Waals surface area contributed by atoms with Crippen molar-refractivity contribution >= 4 is 21.8 Å². The Morgan fingerprint density at radius 1 is 1.43 bits per heavy atom. The summed E-state index contributed by atoms with van der Waals surface area (Å²) in [5.41, 5.74) is 6.91. The minimum Gasteiger partial charge on any atom is -0.480 e. The smallest absolute Gasteiger partial charge is 0.260 e. The second kappa shape index (κ2) is 9.02. The van der Waals surface area contributed by atoms with Gasteiger partial charge in [-0.1, -0.05) is 6.07 Å². The lowest BCUT2D eigenvalue weighted by molar-refractivity contribution is -0.127. The lowest BCUT2D eigenvalue weighted by atomic mass is 10.1. The zero-order valence-corrected chi connectivity index (χ0v) is 14.3.